The first-order valence-electron chi connectivity index (χ1n) is 8.56. The first-order chi connectivity index (χ1) is 10.6. The molecule has 0 saturated heterocycles. The van der Waals surface area contributed by atoms with Gasteiger partial charge in [0.1, 0.15) is 0 Å². The van der Waals surface area contributed by atoms with Crippen LogP contribution in [0.3, 0.4) is 0 Å². The van der Waals surface area contributed by atoms with Gasteiger partial charge in [0, 0.05) is 36.5 Å². The molecule has 1 amide bonds. The number of nitrogens with one attached hydrogen (secondary N) is 2. The Bertz CT molecular complexity index is 489. The van der Waals surface area contributed by atoms with Gasteiger partial charge >= 0.3 is 0 Å². The molecule has 1 heterocycles. The highest BCUT2D eigenvalue weighted by Crippen LogP contribution is 2.22. The first kappa shape index (κ1) is 16.8. The van der Waals surface area contributed by atoms with Crippen LogP contribution in [-0.2, 0) is 4.79 Å². The molecule has 2 rings (SSSR count). The number of allylic oxidation sites excluding steroid dienone is 2. The molecule has 2 N–H and O–H groups in total. The van der Waals surface area contributed by atoms with Gasteiger partial charge in [-0.3, -0.25) is 4.79 Å². The molecule has 22 heavy (non-hydrogen) atoms. The lowest BCUT2D eigenvalue weighted by Crippen LogP contribution is -2.39. The van der Waals surface area contributed by atoms with E-state index >= 15 is 0 Å². The Hall–Kier alpha value is -1.53. The molecule has 3 nitrogen and oxygen atoms in total. The summed E-state index contributed by atoms with van der Waals surface area (Å²) in [6.45, 7) is 4.76. The number of carbonyl (C=O) groups excluding carboxylic acids is 1. The van der Waals surface area contributed by atoms with Gasteiger partial charge in [0.05, 0.1) is 0 Å². The lowest BCUT2D eigenvalue weighted by atomic mass is 9.89. The summed E-state index contributed by atoms with van der Waals surface area (Å²) in [5.74, 6) is 7.52. The van der Waals surface area contributed by atoms with Crippen molar-refractivity contribution >= 4 is 5.91 Å². The van der Waals surface area contributed by atoms with E-state index in [0.29, 0.717) is 18.9 Å². The van der Waals surface area contributed by atoms with E-state index in [2.05, 4.69) is 35.5 Å². The fourth-order valence-electron chi connectivity index (χ4n) is 3.06. The van der Waals surface area contributed by atoms with E-state index in [1.54, 1.807) is 0 Å². The Morgan fingerprint density at radius 3 is 2.73 bits per heavy atom. The second-order valence-corrected chi connectivity index (χ2v) is 6.45. The minimum Gasteiger partial charge on any atom is -0.353 e. The van der Waals surface area contributed by atoms with Crippen LogP contribution in [0.2, 0.25) is 0 Å². The minimum absolute atomic E-state index is 0.0913. The molecule has 1 saturated carbocycles. The minimum atomic E-state index is 0.0913. The summed E-state index contributed by atoms with van der Waals surface area (Å²) in [6.07, 6.45) is 13.0. The van der Waals surface area contributed by atoms with Crippen LogP contribution in [0.1, 0.15) is 52.4 Å². The predicted octanol–water partition coefficient (Wildman–Crippen LogP) is 2.94. The summed E-state index contributed by atoms with van der Waals surface area (Å²) in [5.41, 5.74) is 1.11. The van der Waals surface area contributed by atoms with Crippen LogP contribution < -0.4 is 10.6 Å². The number of carbonyl (C=O) groups is 1. The highest BCUT2D eigenvalue weighted by Gasteiger charge is 2.15. The van der Waals surface area contributed by atoms with Crippen molar-refractivity contribution in [3.8, 4) is 11.8 Å². The van der Waals surface area contributed by atoms with Crippen molar-refractivity contribution in [3.63, 3.8) is 0 Å². The van der Waals surface area contributed by atoms with Crippen molar-refractivity contribution < 1.29 is 4.79 Å². The zero-order valence-corrected chi connectivity index (χ0v) is 13.8. The van der Waals surface area contributed by atoms with Crippen molar-refractivity contribution in [3.05, 3.63) is 23.8 Å². The molecule has 2 aliphatic rings. The van der Waals surface area contributed by atoms with E-state index in [9.17, 15) is 4.79 Å². The summed E-state index contributed by atoms with van der Waals surface area (Å²) in [7, 11) is 0. The van der Waals surface area contributed by atoms with Gasteiger partial charge in [-0.2, -0.15) is 0 Å². The standard InChI is InChI=1S/C19H28N2O/c1-15-14-19(22)20-13-7-6-10-18(16(2)21-15)12-11-17-8-4-3-5-9-17/h6-7,10,15-17,21H,3-5,8-9,13-14H2,1-2H3,(H,20,22)/b7-6-,18-10-/t15-,16?/m1/s1. The Kier molecular flexibility index (Phi) is 6.74. The smallest absolute Gasteiger partial charge is 0.221 e. The fourth-order valence-corrected chi connectivity index (χ4v) is 3.06. The van der Waals surface area contributed by atoms with E-state index in [-0.39, 0.29) is 18.0 Å². The van der Waals surface area contributed by atoms with Gasteiger partial charge in [-0.05, 0) is 32.8 Å². The number of amides is 1. The van der Waals surface area contributed by atoms with Crippen LogP contribution in [0.15, 0.2) is 23.8 Å². The molecule has 3 heteroatoms. The Balaban J connectivity index is 2.08. The Labute approximate surface area is 134 Å². The summed E-state index contributed by atoms with van der Waals surface area (Å²) in [6, 6.07) is 0.314. The van der Waals surface area contributed by atoms with Crippen LogP contribution in [0.4, 0.5) is 0 Å². The van der Waals surface area contributed by atoms with E-state index < -0.39 is 0 Å². The summed E-state index contributed by atoms with van der Waals surface area (Å²) < 4.78 is 0. The van der Waals surface area contributed by atoms with Gasteiger partial charge in [0.2, 0.25) is 5.91 Å². The first-order valence-corrected chi connectivity index (χ1v) is 8.56. The number of hydrogen-bond acceptors (Lipinski definition) is 2. The maximum Gasteiger partial charge on any atom is 0.221 e. The highest BCUT2D eigenvalue weighted by molar-refractivity contribution is 5.76. The van der Waals surface area contributed by atoms with Crippen molar-refractivity contribution in [2.75, 3.05) is 6.54 Å². The average Bonchev–Trinajstić information content (AvgIpc) is 2.52. The zero-order valence-electron chi connectivity index (χ0n) is 13.8. The molecule has 1 aliphatic carbocycles. The second-order valence-electron chi connectivity index (χ2n) is 6.45. The molecule has 2 atom stereocenters. The van der Waals surface area contributed by atoms with Crippen molar-refractivity contribution in [1.29, 1.82) is 0 Å². The second kappa shape index (κ2) is 8.80. The van der Waals surface area contributed by atoms with Crippen molar-refractivity contribution in [2.45, 2.75) is 64.5 Å². The quantitative estimate of drug-likeness (QED) is 0.675. The third-order valence-electron chi connectivity index (χ3n) is 4.35. The Morgan fingerprint density at radius 2 is 1.95 bits per heavy atom. The molecule has 1 unspecified atom stereocenters. The maximum atomic E-state index is 11.7. The lowest BCUT2D eigenvalue weighted by molar-refractivity contribution is -0.121. The lowest BCUT2D eigenvalue weighted by Gasteiger charge is -2.20. The van der Waals surface area contributed by atoms with Crippen LogP contribution in [-0.4, -0.2) is 24.5 Å². The van der Waals surface area contributed by atoms with Gasteiger partial charge < -0.3 is 10.6 Å². The number of hydrogen-bond donors (Lipinski definition) is 2. The SMILES string of the molecule is CC1N[C@H](C)CC(=O)NC/C=C\C=C/1C#CC1CCCCC1. The Morgan fingerprint density at radius 1 is 1.18 bits per heavy atom. The normalized spacial score (nSPS) is 31.7. The number of rotatable bonds is 0. The molecule has 1 aliphatic heterocycles. The van der Waals surface area contributed by atoms with Crippen molar-refractivity contribution in [2.24, 2.45) is 5.92 Å². The van der Waals surface area contributed by atoms with Crippen molar-refractivity contribution in [1.82, 2.24) is 10.6 Å². The maximum absolute atomic E-state index is 11.7. The van der Waals surface area contributed by atoms with Gasteiger partial charge in [0.25, 0.3) is 0 Å². The largest absolute Gasteiger partial charge is 0.353 e. The fraction of sp³-hybridized carbons (Fsp3) is 0.632. The van der Waals surface area contributed by atoms with E-state index in [0.717, 1.165) is 5.57 Å². The molecule has 0 aromatic rings. The topological polar surface area (TPSA) is 41.1 Å². The van der Waals surface area contributed by atoms with Crippen LogP contribution >= 0.6 is 0 Å². The summed E-state index contributed by atoms with van der Waals surface area (Å²) >= 11 is 0. The third kappa shape index (κ3) is 5.69. The zero-order chi connectivity index (χ0) is 15.8. The molecule has 0 radical (unpaired) electrons. The average molecular weight is 300 g/mol. The summed E-state index contributed by atoms with van der Waals surface area (Å²) in [4.78, 5) is 11.7. The third-order valence-corrected chi connectivity index (χ3v) is 4.35. The molecule has 0 spiro atoms. The molecule has 0 aromatic heterocycles. The summed E-state index contributed by atoms with van der Waals surface area (Å²) in [5, 5.41) is 6.37. The van der Waals surface area contributed by atoms with E-state index in [1.807, 2.05) is 19.1 Å². The van der Waals surface area contributed by atoms with E-state index in [4.69, 9.17) is 0 Å². The van der Waals surface area contributed by atoms with Crippen LogP contribution in [0.25, 0.3) is 0 Å². The molecule has 0 aromatic carbocycles. The molecule has 1 fully saturated rings. The van der Waals surface area contributed by atoms with Crippen LogP contribution in [0.5, 0.6) is 0 Å². The van der Waals surface area contributed by atoms with E-state index in [1.165, 1.54) is 32.1 Å². The molecular formula is C19H28N2O. The van der Waals surface area contributed by atoms with Gasteiger partial charge in [0.15, 0.2) is 0 Å². The van der Waals surface area contributed by atoms with Gasteiger partial charge in [-0.1, -0.05) is 43.3 Å². The highest BCUT2D eigenvalue weighted by atomic mass is 16.1. The van der Waals surface area contributed by atoms with Crippen LogP contribution in [0, 0.1) is 17.8 Å². The van der Waals surface area contributed by atoms with Gasteiger partial charge in [-0.25, -0.2) is 0 Å². The monoisotopic (exact) mass is 300 g/mol. The molecular weight excluding hydrogens is 272 g/mol. The van der Waals surface area contributed by atoms with Gasteiger partial charge in [-0.15, -0.1) is 0 Å². The molecule has 120 valence electrons. The molecule has 0 bridgehead atoms. The predicted molar refractivity (Wildman–Crippen MR) is 91.3 cm³/mol.